The number of rotatable bonds is 8. The van der Waals surface area contributed by atoms with E-state index in [1.54, 1.807) is 0 Å². The van der Waals surface area contributed by atoms with Gasteiger partial charge >= 0.3 is 8.60 Å². The minimum atomic E-state index is -1.56. The molecule has 0 rings (SSSR count). The van der Waals surface area contributed by atoms with Crippen LogP contribution in [0.3, 0.4) is 0 Å². The van der Waals surface area contributed by atoms with Gasteiger partial charge in [-0.3, -0.25) is 0 Å². The molecule has 16 heavy (non-hydrogen) atoms. The topological polar surface area (TPSA) is 27.7 Å². The highest BCUT2D eigenvalue weighted by molar-refractivity contribution is 7.44. The fourth-order valence-electron chi connectivity index (χ4n) is 0.677. The van der Waals surface area contributed by atoms with Crippen LogP contribution in [0.4, 0.5) is 0 Å². The molecular formula is C9H25O3PSi3. The van der Waals surface area contributed by atoms with Crippen molar-refractivity contribution in [2.45, 2.75) is 45.8 Å². The van der Waals surface area contributed by atoms with E-state index in [0.717, 1.165) is 12.5 Å². The van der Waals surface area contributed by atoms with Crippen molar-refractivity contribution in [1.82, 2.24) is 0 Å². The van der Waals surface area contributed by atoms with Crippen molar-refractivity contribution in [1.29, 1.82) is 0 Å². The molecule has 0 atom stereocenters. The molecule has 0 aromatic carbocycles. The van der Waals surface area contributed by atoms with Crippen LogP contribution in [-0.4, -0.2) is 38.4 Å². The molecule has 96 valence electrons. The van der Waals surface area contributed by atoms with Crippen LogP contribution in [-0.2, 0) is 13.3 Å². The highest BCUT2D eigenvalue weighted by atomic mass is 31.2. The van der Waals surface area contributed by atoms with Crippen LogP contribution in [0, 0.1) is 0 Å². The van der Waals surface area contributed by atoms with Crippen LogP contribution in [0.25, 0.3) is 0 Å². The molecule has 0 aromatic heterocycles. The van der Waals surface area contributed by atoms with Crippen molar-refractivity contribution in [2.24, 2.45) is 0 Å². The Hall–Kier alpha value is 0.961. The minimum Gasteiger partial charge on any atom is -0.355 e. The molecule has 7 heteroatoms. The van der Waals surface area contributed by atoms with Gasteiger partial charge < -0.3 is 13.3 Å². The normalized spacial score (nSPS) is 13.1. The summed E-state index contributed by atoms with van der Waals surface area (Å²) in [5, 5.41) is 0. The maximum absolute atomic E-state index is 5.93. The Morgan fingerprint density at radius 2 is 1.25 bits per heavy atom. The van der Waals surface area contributed by atoms with Crippen molar-refractivity contribution in [3.63, 3.8) is 0 Å². The van der Waals surface area contributed by atoms with Crippen LogP contribution in [0.15, 0.2) is 0 Å². The molecule has 0 saturated carbocycles. The molecule has 0 aliphatic heterocycles. The van der Waals surface area contributed by atoms with Gasteiger partial charge in [0.2, 0.25) is 0 Å². The fraction of sp³-hybridized carbons (Fsp3) is 1.00. The van der Waals surface area contributed by atoms with Gasteiger partial charge in [-0.05, 0) is 19.6 Å². The Morgan fingerprint density at radius 1 is 0.875 bits per heavy atom. The van der Waals surface area contributed by atoms with E-state index < -0.39 is 16.9 Å². The third-order valence-electron chi connectivity index (χ3n) is 1.27. The van der Waals surface area contributed by atoms with E-state index in [1.165, 1.54) is 0 Å². The van der Waals surface area contributed by atoms with Crippen LogP contribution in [0.2, 0.25) is 45.8 Å². The third-order valence-corrected chi connectivity index (χ3v) is 6.66. The Labute approximate surface area is 106 Å². The van der Waals surface area contributed by atoms with Crippen molar-refractivity contribution < 1.29 is 13.3 Å². The molecule has 0 N–H and O–H groups in total. The van der Waals surface area contributed by atoms with E-state index in [2.05, 4.69) is 45.8 Å². The third kappa shape index (κ3) is 11.4. The lowest BCUT2D eigenvalue weighted by Crippen LogP contribution is -2.25. The molecule has 0 heterocycles. The molecule has 0 bridgehead atoms. The summed E-state index contributed by atoms with van der Waals surface area (Å²) < 4.78 is 17.4. The van der Waals surface area contributed by atoms with Crippen molar-refractivity contribution >= 4 is 34.5 Å². The fourth-order valence-corrected chi connectivity index (χ4v) is 5.87. The first-order valence-corrected chi connectivity index (χ1v) is 15.5. The maximum atomic E-state index is 5.93. The number of hydrogen-bond donors (Lipinski definition) is 0. The maximum Gasteiger partial charge on any atom is 0.321 e. The van der Waals surface area contributed by atoms with Crippen LogP contribution in [0.1, 0.15) is 0 Å². The van der Waals surface area contributed by atoms with E-state index in [0.29, 0.717) is 0 Å². The zero-order valence-corrected chi connectivity index (χ0v) is 15.5. The van der Waals surface area contributed by atoms with Crippen molar-refractivity contribution in [2.75, 3.05) is 12.5 Å². The van der Waals surface area contributed by atoms with Gasteiger partial charge in [0.25, 0.3) is 0 Å². The van der Waals surface area contributed by atoms with E-state index in [4.69, 9.17) is 13.3 Å². The quantitative estimate of drug-likeness (QED) is 0.505. The van der Waals surface area contributed by atoms with Crippen LogP contribution in [0.5, 0.6) is 0 Å². The molecule has 0 unspecified atom stereocenters. The Bertz CT molecular complexity index is 173. The van der Waals surface area contributed by atoms with Gasteiger partial charge in [-0.2, -0.15) is 0 Å². The summed E-state index contributed by atoms with van der Waals surface area (Å²) in [7, 11) is -3.39. The van der Waals surface area contributed by atoms with Gasteiger partial charge in [0.1, 0.15) is 0 Å². The summed E-state index contributed by atoms with van der Waals surface area (Å²) in [5.41, 5.74) is 0. The van der Waals surface area contributed by atoms with Gasteiger partial charge in [-0.1, -0.05) is 26.2 Å². The summed E-state index contributed by atoms with van der Waals surface area (Å²) in [6, 6.07) is 0. The molecule has 0 amide bonds. The summed E-state index contributed by atoms with van der Waals surface area (Å²) in [6.07, 6.45) is 1.63. The molecule has 0 saturated heterocycles. The van der Waals surface area contributed by atoms with E-state index >= 15 is 0 Å². The zero-order valence-electron chi connectivity index (χ0n) is 11.6. The summed E-state index contributed by atoms with van der Waals surface area (Å²) in [5.74, 6) is 0. The van der Waals surface area contributed by atoms with Gasteiger partial charge in [0.05, 0.1) is 17.6 Å². The molecule has 0 spiro atoms. The Balaban J connectivity index is 4.05. The molecule has 0 fully saturated rings. The first-order valence-electron chi connectivity index (χ1n) is 5.54. The highest BCUT2D eigenvalue weighted by Crippen LogP contribution is 2.42. The average molecular weight is 297 g/mol. The number of hydrogen-bond acceptors (Lipinski definition) is 3. The van der Waals surface area contributed by atoms with Crippen molar-refractivity contribution in [3.8, 4) is 0 Å². The largest absolute Gasteiger partial charge is 0.355 e. The monoisotopic (exact) mass is 296 g/mol. The predicted octanol–water partition coefficient (Wildman–Crippen LogP) is 3.69. The standard InChI is InChI=1S/C9H25O3PSi3/c1-14(2)8-10-13(11-9-15(3)4)12-16(5,6)7/h8-9H2,1-7H3. The Kier molecular flexibility index (Phi) is 8.62. The van der Waals surface area contributed by atoms with Gasteiger partial charge in [0.15, 0.2) is 8.32 Å². The second-order valence-corrected chi connectivity index (χ2v) is 16.7. The first-order chi connectivity index (χ1) is 7.20. The molecule has 0 aliphatic rings. The predicted molar refractivity (Wildman–Crippen MR) is 78.2 cm³/mol. The van der Waals surface area contributed by atoms with Gasteiger partial charge in [-0.25, -0.2) is 0 Å². The molecule has 3 nitrogen and oxygen atoms in total. The van der Waals surface area contributed by atoms with Crippen molar-refractivity contribution in [3.05, 3.63) is 0 Å². The summed E-state index contributed by atoms with van der Waals surface area (Å²) >= 11 is 0. The molecule has 0 aromatic rings. The second-order valence-electron chi connectivity index (χ2n) is 5.39. The highest BCUT2D eigenvalue weighted by Gasteiger charge is 2.24. The van der Waals surface area contributed by atoms with Gasteiger partial charge in [0, 0.05) is 12.5 Å². The van der Waals surface area contributed by atoms with E-state index in [1.807, 2.05) is 0 Å². The van der Waals surface area contributed by atoms with E-state index in [9.17, 15) is 0 Å². The van der Waals surface area contributed by atoms with Crippen LogP contribution >= 0.6 is 8.60 Å². The smallest absolute Gasteiger partial charge is 0.321 e. The molecule has 2 radical (unpaired) electrons. The lowest BCUT2D eigenvalue weighted by Gasteiger charge is -2.25. The molecular weight excluding hydrogens is 271 g/mol. The SMILES string of the molecule is C[Si](C)COP(OC[Si](C)C)O[Si](C)(C)C. The summed E-state index contributed by atoms with van der Waals surface area (Å²) in [6.45, 7) is 15.5. The Morgan fingerprint density at radius 3 is 1.50 bits per heavy atom. The second kappa shape index (κ2) is 8.13. The van der Waals surface area contributed by atoms with E-state index in [-0.39, 0.29) is 17.6 Å². The first kappa shape index (κ1) is 17.0. The average Bonchev–Trinajstić information content (AvgIpc) is 2.07. The lowest BCUT2D eigenvalue weighted by molar-refractivity contribution is 0.250. The minimum absolute atomic E-state index is 0.365. The van der Waals surface area contributed by atoms with Gasteiger partial charge in [-0.15, -0.1) is 0 Å². The molecule has 0 aliphatic carbocycles. The summed E-state index contributed by atoms with van der Waals surface area (Å²) in [4.78, 5) is 0. The van der Waals surface area contributed by atoms with Crippen LogP contribution < -0.4 is 0 Å². The zero-order chi connectivity index (χ0) is 12.8. The lowest BCUT2D eigenvalue weighted by atomic mass is 11.7.